The van der Waals surface area contributed by atoms with Gasteiger partial charge >= 0.3 is 0 Å². The van der Waals surface area contributed by atoms with E-state index in [1.165, 1.54) is 0 Å². The van der Waals surface area contributed by atoms with Crippen LogP contribution in [0.15, 0.2) is 18.2 Å². The predicted octanol–water partition coefficient (Wildman–Crippen LogP) is 0.515. The van der Waals surface area contributed by atoms with Crippen LogP contribution >= 0.6 is 0 Å². The molecule has 0 atom stereocenters. The third-order valence-electron chi connectivity index (χ3n) is 1.75. The lowest BCUT2D eigenvalue weighted by Gasteiger charge is -2.05. The maximum atomic E-state index is 12.9. The van der Waals surface area contributed by atoms with Crippen molar-refractivity contribution in [3.8, 4) is 0 Å². The van der Waals surface area contributed by atoms with Crippen molar-refractivity contribution in [3.05, 3.63) is 39.7 Å². The van der Waals surface area contributed by atoms with Crippen LogP contribution in [0.4, 0.5) is 10.1 Å². The third kappa shape index (κ3) is 3.23. The molecule has 0 saturated heterocycles. The molecule has 0 aromatic heterocycles. The van der Waals surface area contributed by atoms with Gasteiger partial charge in [0.15, 0.2) is 0 Å². The maximum Gasteiger partial charge on any atom is 0.282 e. The van der Waals surface area contributed by atoms with E-state index in [0.29, 0.717) is 0 Å². The van der Waals surface area contributed by atoms with Crippen LogP contribution in [0.2, 0.25) is 0 Å². The topological polar surface area (TPSA) is 101 Å². The molecule has 0 aliphatic carbocycles. The average molecular weight is 241 g/mol. The van der Waals surface area contributed by atoms with E-state index in [0.717, 1.165) is 25.1 Å². The summed E-state index contributed by atoms with van der Waals surface area (Å²) in [5.41, 5.74) is 2.84. The molecule has 0 fully saturated rings. The molecule has 0 unspecified atom stereocenters. The van der Waals surface area contributed by atoms with Crippen LogP contribution in [0.1, 0.15) is 17.3 Å². The van der Waals surface area contributed by atoms with E-state index in [9.17, 15) is 24.1 Å². The molecule has 2 amide bonds. The highest BCUT2D eigenvalue weighted by atomic mass is 19.1. The SMILES string of the molecule is CC(=O)NNC(=O)c1cc(F)ccc1[N+](=O)[O-]. The maximum absolute atomic E-state index is 12.9. The fourth-order valence-corrected chi connectivity index (χ4v) is 1.06. The Balaban J connectivity index is 3.02. The molecule has 0 spiro atoms. The Kier molecular flexibility index (Phi) is 3.70. The molecule has 0 heterocycles. The fourth-order valence-electron chi connectivity index (χ4n) is 1.06. The molecule has 1 aromatic carbocycles. The van der Waals surface area contributed by atoms with Gasteiger partial charge in [-0.2, -0.15) is 0 Å². The number of nitrogens with zero attached hydrogens (tertiary/aromatic N) is 1. The van der Waals surface area contributed by atoms with E-state index < -0.39 is 33.8 Å². The number of rotatable bonds is 2. The second-order valence-corrected chi connectivity index (χ2v) is 3.05. The molecule has 1 aromatic rings. The van der Waals surface area contributed by atoms with Gasteiger partial charge in [-0.15, -0.1) is 0 Å². The summed E-state index contributed by atoms with van der Waals surface area (Å²) in [5.74, 6) is -2.31. The second-order valence-electron chi connectivity index (χ2n) is 3.05. The summed E-state index contributed by atoms with van der Waals surface area (Å²) in [6, 6.07) is 2.46. The summed E-state index contributed by atoms with van der Waals surface area (Å²) < 4.78 is 12.9. The quantitative estimate of drug-likeness (QED) is 0.581. The molecule has 7 nitrogen and oxygen atoms in total. The molecular weight excluding hydrogens is 233 g/mol. The first-order valence-corrected chi connectivity index (χ1v) is 4.42. The molecule has 0 radical (unpaired) electrons. The smallest absolute Gasteiger partial charge is 0.274 e. The van der Waals surface area contributed by atoms with Crippen molar-refractivity contribution in [1.82, 2.24) is 10.9 Å². The molecular formula is C9H8FN3O4. The minimum absolute atomic E-state index is 0.469. The molecule has 0 aliphatic heterocycles. The molecule has 1 rings (SSSR count). The Morgan fingerprint density at radius 3 is 2.53 bits per heavy atom. The first kappa shape index (κ1) is 12.6. The number of nitrogens with one attached hydrogen (secondary N) is 2. The van der Waals surface area contributed by atoms with Crippen LogP contribution < -0.4 is 10.9 Å². The Labute approximate surface area is 94.7 Å². The van der Waals surface area contributed by atoms with Crippen LogP contribution in [-0.4, -0.2) is 16.7 Å². The normalized spacial score (nSPS) is 9.53. The van der Waals surface area contributed by atoms with E-state index in [-0.39, 0.29) is 0 Å². The summed E-state index contributed by atoms with van der Waals surface area (Å²) in [4.78, 5) is 31.7. The summed E-state index contributed by atoms with van der Waals surface area (Å²) in [6.07, 6.45) is 0. The lowest BCUT2D eigenvalue weighted by atomic mass is 10.1. The average Bonchev–Trinajstić information content (AvgIpc) is 2.25. The minimum atomic E-state index is -0.966. The van der Waals surface area contributed by atoms with Crippen LogP contribution in [0.5, 0.6) is 0 Å². The number of benzene rings is 1. The Hall–Kier alpha value is -2.51. The van der Waals surface area contributed by atoms with E-state index in [1.54, 1.807) is 0 Å². The number of hydrogen-bond donors (Lipinski definition) is 2. The second kappa shape index (κ2) is 5.01. The molecule has 0 bridgehead atoms. The molecule has 0 aliphatic rings. The molecule has 17 heavy (non-hydrogen) atoms. The van der Waals surface area contributed by atoms with E-state index in [4.69, 9.17) is 0 Å². The number of hydrogen-bond acceptors (Lipinski definition) is 4. The van der Waals surface area contributed by atoms with E-state index >= 15 is 0 Å². The Morgan fingerprint density at radius 2 is 2.00 bits per heavy atom. The number of hydrazine groups is 1. The van der Waals surface area contributed by atoms with Crippen LogP contribution in [-0.2, 0) is 4.79 Å². The molecule has 8 heteroatoms. The molecule has 0 saturated carbocycles. The largest absolute Gasteiger partial charge is 0.282 e. The Morgan fingerprint density at radius 1 is 1.35 bits per heavy atom. The molecule has 2 N–H and O–H groups in total. The van der Waals surface area contributed by atoms with Crippen LogP contribution in [0.3, 0.4) is 0 Å². The highest BCUT2D eigenvalue weighted by Gasteiger charge is 2.20. The third-order valence-corrected chi connectivity index (χ3v) is 1.75. The van der Waals surface area contributed by atoms with Gasteiger partial charge in [-0.05, 0) is 12.1 Å². The lowest BCUT2D eigenvalue weighted by molar-refractivity contribution is -0.385. The zero-order valence-electron chi connectivity index (χ0n) is 8.69. The van der Waals surface area contributed by atoms with Crippen molar-refractivity contribution < 1.29 is 18.9 Å². The number of amides is 2. The van der Waals surface area contributed by atoms with Crippen molar-refractivity contribution in [3.63, 3.8) is 0 Å². The molecule has 90 valence electrons. The monoisotopic (exact) mass is 241 g/mol. The summed E-state index contributed by atoms with van der Waals surface area (Å²) in [6.45, 7) is 1.14. The van der Waals surface area contributed by atoms with Gasteiger partial charge in [0.25, 0.3) is 11.6 Å². The number of carbonyl (C=O) groups excluding carboxylic acids is 2. The van der Waals surface area contributed by atoms with Gasteiger partial charge in [0, 0.05) is 13.0 Å². The standard InChI is InChI=1S/C9H8FN3O4/c1-5(14)11-12-9(15)7-4-6(10)2-3-8(7)13(16)17/h2-4H,1H3,(H,11,14)(H,12,15). The van der Waals surface area contributed by atoms with Crippen molar-refractivity contribution in [2.24, 2.45) is 0 Å². The van der Waals surface area contributed by atoms with E-state index in [1.807, 2.05) is 10.9 Å². The van der Waals surface area contributed by atoms with Crippen molar-refractivity contribution in [2.45, 2.75) is 6.92 Å². The summed E-state index contributed by atoms with van der Waals surface area (Å²) >= 11 is 0. The highest BCUT2D eigenvalue weighted by Crippen LogP contribution is 2.18. The van der Waals surface area contributed by atoms with Crippen molar-refractivity contribution in [1.29, 1.82) is 0 Å². The summed E-state index contributed by atoms with van der Waals surface area (Å²) in [7, 11) is 0. The van der Waals surface area contributed by atoms with Gasteiger partial charge in [0.05, 0.1) is 4.92 Å². The van der Waals surface area contributed by atoms with Gasteiger partial charge in [-0.25, -0.2) is 4.39 Å². The van der Waals surface area contributed by atoms with Crippen molar-refractivity contribution in [2.75, 3.05) is 0 Å². The minimum Gasteiger partial charge on any atom is -0.274 e. The first-order chi connectivity index (χ1) is 7.91. The summed E-state index contributed by atoms with van der Waals surface area (Å²) in [5, 5.41) is 10.6. The number of nitro groups is 1. The number of halogens is 1. The van der Waals surface area contributed by atoms with Crippen molar-refractivity contribution >= 4 is 17.5 Å². The number of nitro benzene ring substituents is 1. The lowest BCUT2D eigenvalue weighted by Crippen LogP contribution is -2.40. The zero-order chi connectivity index (χ0) is 13.0. The van der Waals surface area contributed by atoms with Gasteiger partial charge in [-0.3, -0.25) is 30.6 Å². The number of carbonyl (C=O) groups is 2. The van der Waals surface area contributed by atoms with E-state index in [2.05, 4.69) is 0 Å². The first-order valence-electron chi connectivity index (χ1n) is 4.42. The zero-order valence-corrected chi connectivity index (χ0v) is 8.69. The predicted molar refractivity (Wildman–Crippen MR) is 54.3 cm³/mol. The van der Waals surface area contributed by atoms with Gasteiger partial charge < -0.3 is 0 Å². The van der Waals surface area contributed by atoms with Gasteiger partial charge in [0.2, 0.25) is 5.91 Å². The van der Waals surface area contributed by atoms with Crippen LogP contribution in [0, 0.1) is 15.9 Å². The highest BCUT2D eigenvalue weighted by molar-refractivity contribution is 5.98. The van der Waals surface area contributed by atoms with Gasteiger partial charge in [-0.1, -0.05) is 0 Å². The van der Waals surface area contributed by atoms with Gasteiger partial charge in [0.1, 0.15) is 11.4 Å². The van der Waals surface area contributed by atoms with Crippen LogP contribution in [0.25, 0.3) is 0 Å². The fraction of sp³-hybridized carbons (Fsp3) is 0.111. The Bertz CT molecular complexity index is 489.